The molecule has 0 atom stereocenters. The standard InChI is InChI=1S/C16H23N3O6S/c1-18-6-8-19(9-7-18)17-26(22,23)14-11-12(4-5-15(20)21)10-13(24-2)16(14)25-3/h4-5,10-11,17H,6-9H2,1-3H3,(H,20,21). The number of hydrogen-bond acceptors (Lipinski definition) is 7. The van der Waals surface area contributed by atoms with Gasteiger partial charge in [0.2, 0.25) is 0 Å². The molecule has 0 saturated carbocycles. The van der Waals surface area contributed by atoms with Crippen molar-refractivity contribution in [3.8, 4) is 11.5 Å². The summed E-state index contributed by atoms with van der Waals surface area (Å²) in [5.41, 5.74) is 0.365. The van der Waals surface area contributed by atoms with E-state index in [0.29, 0.717) is 18.7 Å². The normalized spacial score (nSPS) is 16.7. The maximum atomic E-state index is 12.9. The van der Waals surface area contributed by atoms with E-state index in [1.54, 1.807) is 5.01 Å². The van der Waals surface area contributed by atoms with Crippen LogP contribution in [0, 0.1) is 0 Å². The topological polar surface area (TPSA) is 108 Å². The van der Waals surface area contributed by atoms with Crippen LogP contribution < -0.4 is 14.3 Å². The number of piperazine rings is 1. The summed E-state index contributed by atoms with van der Waals surface area (Å²) in [5.74, 6) is -0.889. The third-order valence-corrected chi connectivity index (χ3v) is 5.31. The predicted molar refractivity (Wildman–Crippen MR) is 95.6 cm³/mol. The molecule has 0 bridgehead atoms. The Labute approximate surface area is 152 Å². The summed E-state index contributed by atoms with van der Waals surface area (Å²) in [6, 6.07) is 2.85. The van der Waals surface area contributed by atoms with Gasteiger partial charge in [0.25, 0.3) is 10.0 Å². The van der Waals surface area contributed by atoms with Gasteiger partial charge in [-0.2, -0.15) is 0 Å². The van der Waals surface area contributed by atoms with Gasteiger partial charge in [-0.3, -0.25) is 0 Å². The minimum Gasteiger partial charge on any atom is -0.493 e. The lowest BCUT2D eigenvalue weighted by Crippen LogP contribution is -2.52. The minimum absolute atomic E-state index is 0.0570. The summed E-state index contributed by atoms with van der Waals surface area (Å²) in [5, 5.41) is 10.4. The average Bonchev–Trinajstić information content (AvgIpc) is 2.60. The summed E-state index contributed by atoms with van der Waals surface area (Å²) in [4.78, 5) is 15.3. The molecule has 0 aliphatic carbocycles. The van der Waals surface area contributed by atoms with Gasteiger partial charge in [0, 0.05) is 32.3 Å². The van der Waals surface area contributed by atoms with Crippen molar-refractivity contribution in [3.63, 3.8) is 0 Å². The first-order chi connectivity index (χ1) is 12.3. The second kappa shape index (κ2) is 8.49. The Morgan fingerprint density at radius 3 is 2.38 bits per heavy atom. The summed E-state index contributed by atoms with van der Waals surface area (Å²) < 4.78 is 36.2. The number of carboxylic acid groups (broad SMARTS) is 1. The number of hydrazine groups is 1. The van der Waals surface area contributed by atoms with Crippen LogP contribution in [0.4, 0.5) is 0 Å². The summed E-state index contributed by atoms with van der Waals surface area (Å²) in [6.45, 7) is 2.58. The van der Waals surface area contributed by atoms with Crippen molar-refractivity contribution in [2.75, 3.05) is 47.4 Å². The number of nitrogens with zero attached hydrogens (tertiary/aromatic N) is 2. The van der Waals surface area contributed by atoms with E-state index in [4.69, 9.17) is 14.6 Å². The lowest BCUT2D eigenvalue weighted by Gasteiger charge is -2.32. The number of likely N-dealkylation sites (N-methyl/N-ethyl adjacent to an activating group) is 1. The number of ether oxygens (including phenoxy) is 2. The Morgan fingerprint density at radius 2 is 1.85 bits per heavy atom. The van der Waals surface area contributed by atoms with E-state index in [1.807, 2.05) is 7.05 Å². The molecule has 2 rings (SSSR count). The smallest absolute Gasteiger partial charge is 0.328 e. The molecular formula is C16H23N3O6S. The molecule has 1 fully saturated rings. The van der Waals surface area contributed by atoms with Crippen molar-refractivity contribution in [2.24, 2.45) is 0 Å². The van der Waals surface area contributed by atoms with E-state index < -0.39 is 16.0 Å². The third kappa shape index (κ3) is 4.94. The number of nitrogens with one attached hydrogen (secondary N) is 1. The number of carboxylic acids is 1. The number of aliphatic carboxylic acids is 1. The first-order valence-electron chi connectivity index (χ1n) is 7.90. The van der Waals surface area contributed by atoms with Gasteiger partial charge in [-0.25, -0.2) is 18.2 Å². The van der Waals surface area contributed by atoms with Gasteiger partial charge >= 0.3 is 5.97 Å². The van der Waals surface area contributed by atoms with Gasteiger partial charge in [0.05, 0.1) is 14.2 Å². The summed E-state index contributed by atoms with van der Waals surface area (Å²) in [7, 11) is 0.756. The average molecular weight is 385 g/mol. The van der Waals surface area contributed by atoms with Crippen molar-refractivity contribution < 1.29 is 27.8 Å². The highest BCUT2D eigenvalue weighted by Gasteiger charge is 2.27. The van der Waals surface area contributed by atoms with Crippen LogP contribution in [0.3, 0.4) is 0 Å². The number of rotatable bonds is 7. The Balaban J connectivity index is 2.40. The Kier molecular flexibility index (Phi) is 6.59. The van der Waals surface area contributed by atoms with E-state index in [9.17, 15) is 13.2 Å². The molecule has 26 heavy (non-hydrogen) atoms. The van der Waals surface area contributed by atoms with Crippen LogP contribution in [-0.4, -0.2) is 76.8 Å². The highest BCUT2D eigenvalue weighted by atomic mass is 32.2. The zero-order chi connectivity index (χ0) is 19.3. The zero-order valence-electron chi connectivity index (χ0n) is 14.9. The van der Waals surface area contributed by atoms with Crippen LogP contribution in [0.5, 0.6) is 11.5 Å². The second-order valence-electron chi connectivity index (χ2n) is 5.81. The van der Waals surface area contributed by atoms with E-state index in [1.165, 1.54) is 32.4 Å². The molecule has 1 saturated heterocycles. The molecule has 1 aromatic carbocycles. The summed E-state index contributed by atoms with van der Waals surface area (Å²) in [6.07, 6.45) is 2.21. The Morgan fingerprint density at radius 1 is 1.19 bits per heavy atom. The van der Waals surface area contributed by atoms with Crippen LogP contribution in [0.25, 0.3) is 6.08 Å². The highest BCUT2D eigenvalue weighted by Crippen LogP contribution is 2.36. The first-order valence-corrected chi connectivity index (χ1v) is 9.38. The number of benzene rings is 1. The van der Waals surface area contributed by atoms with Gasteiger partial charge in [-0.05, 0) is 30.8 Å². The molecule has 2 N–H and O–H groups in total. The van der Waals surface area contributed by atoms with E-state index >= 15 is 0 Å². The molecule has 0 unspecified atom stereocenters. The largest absolute Gasteiger partial charge is 0.493 e. The molecule has 0 radical (unpaired) electrons. The van der Waals surface area contributed by atoms with Crippen LogP contribution in [0.2, 0.25) is 0 Å². The van der Waals surface area contributed by atoms with Gasteiger partial charge in [-0.1, -0.05) is 0 Å². The van der Waals surface area contributed by atoms with Crippen LogP contribution in [-0.2, 0) is 14.8 Å². The lowest BCUT2D eigenvalue weighted by atomic mass is 10.2. The second-order valence-corrected chi connectivity index (χ2v) is 7.44. The fraction of sp³-hybridized carbons (Fsp3) is 0.438. The maximum absolute atomic E-state index is 12.9. The van der Waals surface area contributed by atoms with Crippen molar-refractivity contribution in [1.82, 2.24) is 14.7 Å². The SMILES string of the molecule is COc1cc(C=CC(=O)O)cc(S(=O)(=O)NN2CCN(C)CC2)c1OC. The number of sulfonamides is 1. The minimum atomic E-state index is -3.94. The number of carbonyl (C=O) groups is 1. The molecule has 144 valence electrons. The lowest BCUT2D eigenvalue weighted by molar-refractivity contribution is -0.131. The molecule has 0 aromatic heterocycles. The number of hydrogen-bond donors (Lipinski definition) is 2. The quantitative estimate of drug-likeness (QED) is 0.643. The highest BCUT2D eigenvalue weighted by molar-refractivity contribution is 7.89. The molecule has 1 heterocycles. The Bertz CT molecular complexity index is 785. The van der Waals surface area contributed by atoms with Gasteiger partial charge < -0.3 is 19.5 Å². The zero-order valence-corrected chi connectivity index (χ0v) is 15.7. The van der Waals surface area contributed by atoms with Crippen molar-refractivity contribution in [3.05, 3.63) is 23.8 Å². The van der Waals surface area contributed by atoms with E-state index in [2.05, 4.69) is 9.73 Å². The molecule has 1 aromatic rings. The third-order valence-electron chi connectivity index (χ3n) is 3.93. The molecule has 10 heteroatoms. The molecule has 9 nitrogen and oxygen atoms in total. The Hall–Kier alpha value is -2.14. The molecule has 1 aliphatic heterocycles. The van der Waals surface area contributed by atoms with Crippen molar-refractivity contribution in [2.45, 2.75) is 4.90 Å². The van der Waals surface area contributed by atoms with Gasteiger partial charge in [0.1, 0.15) is 4.90 Å². The van der Waals surface area contributed by atoms with Gasteiger partial charge in [0.15, 0.2) is 11.5 Å². The molecular weight excluding hydrogens is 362 g/mol. The number of methoxy groups -OCH3 is 2. The van der Waals surface area contributed by atoms with Crippen LogP contribution in [0.1, 0.15) is 5.56 Å². The first kappa shape index (κ1) is 20.2. The fourth-order valence-corrected chi connectivity index (χ4v) is 3.87. The maximum Gasteiger partial charge on any atom is 0.328 e. The predicted octanol–water partition coefficient (Wildman–Crippen LogP) is 0.242. The van der Waals surface area contributed by atoms with E-state index in [0.717, 1.165) is 19.2 Å². The molecule has 0 amide bonds. The van der Waals surface area contributed by atoms with Gasteiger partial charge in [-0.15, -0.1) is 4.83 Å². The summed E-state index contributed by atoms with van der Waals surface area (Å²) >= 11 is 0. The van der Waals surface area contributed by atoms with Crippen LogP contribution in [0.15, 0.2) is 23.1 Å². The van der Waals surface area contributed by atoms with Crippen LogP contribution >= 0.6 is 0 Å². The molecule has 0 spiro atoms. The van der Waals surface area contributed by atoms with Crippen molar-refractivity contribution in [1.29, 1.82) is 0 Å². The fourth-order valence-electron chi connectivity index (χ4n) is 2.53. The van der Waals surface area contributed by atoms with Crippen molar-refractivity contribution >= 4 is 22.1 Å². The van der Waals surface area contributed by atoms with E-state index in [-0.39, 0.29) is 16.4 Å². The monoisotopic (exact) mass is 385 g/mol. The molecule has 1 aliphatic rings.